The Labute approximate surface area is 128 Å². The van der Waals surface area contributed by atoms with Crippen molar-refractivity contribution >= 4 is 29.1 Å². The minimum absolute atomic E-state index is 0. The van der Waals surface area contributed by atoms with E-state index in [0.29, 0.717) is 10.6 Å². The molecule has 0 radical (unpaired) electrons. The molecule has 0 aliphatic heterocycles. The maximum absolute atomic E-state index is 11.9. The van der Waals surface area contributed by atoms with Crippen LogP contribution in [-0.4, -0.2) is 18.4 Å². The van der Waals surface area contributed by atoms with Gasteiger partial charge in [-0.25, -0.2) is 4.79 Å². The van der Waals surface area contributed by atoms with Gasteiger partial charge in [-0.15, -0.1) is 0 Å². The summed E-state index contributed by atoms with van der Waals surface area (Å²) < 4.78 is 4.55. The maximum Gasteiger partial charge on any atom is 1.00 e. The van der Waals surface area contributed by atoms with E-state index < -0.39 is 17.5 Å². The zero-order valence-corrected chi connectivity index (χ0v) is 11.8. The predicted molar refractivity (Wildman–Crippen MR) is 65.7 cm³/mol. The van der Waals surface area contributed by atoms with Crippen LogP contribution in [0.1, 0.15) is 19.4 Å². The number of hydrogen-bond donors (Lipinski definition) is 0. The van der Waals surface area contributed by atoms with E-state index in [1.165, 1.54) is 31.2 Å². The SMILES string of the molecule is CCOC(=O)C(=O)/C(C)=C(/[O-])c1ccc(Cl)cc1.[Li+]. The van der Waals surface area contributed by atoms with Crippen LogP contribution in [0.4, 0.5) is 0 Å². The Balaban J connectivity index is 0.00000324. The van der Waals surface area contributed by atoms with Gasteiger partial charge in [0.1, 0.15) is 0 Å². The summed E-state index contributed by atoms with van der Waals surface area (Å²) >= 11 is 5.69. The fourth-order valence-corrected chi connectivity index (χ4v) is 1.40. The van der Waals surface area contributed by atoms with Crippen LogP contribution in [0.5, 0.6) is 0 Å². The Morgan fingerprint density at radius 2 is 1.79 bits per heavy atom. The van der Waals surface area contributed by atoms with Crippen LogP contribution in [-0.2, 0) is 14.3 Å². The molecule has 0 spiro atoms. The van der Waals surface area contributed by atoms with Gasteiger partial charge in [0.2, 0.25) is 0 Å². The van der Waals surface area contributed by atoms with Crippen LogP contribution < -0.4 is 24.0 Å². The topological polar surface area (TPSA) is 66.4 Å². The van der Waals surface area contributed by atoms with Gasteiger partial charge in [0.15, 0.2) is 0 Å². The molecular formula is C13H12ClLiO4. The third-order valence-electron chi connectivity index (χ3n) is 2.25. The Morgan fingerprint density at radius 1 is 1.26 bits per heavy atom. The number of benzene rings is 1. The van der Waals surface area contributed by atoms with Gasteiger partial charge in [-0.3, -0.25) is 4.79 Å². The number of Topliss-reactive ketones (excluding diaryl/α,β-unsaturated/α-hetero) is 1. The van der Waals surface area contributed by atoms with E-state index in [2.05, 4.69) is 4.74 Å². The summed E-state index contributed by atoms with van der Waals surface area (Å²) in [4.78, 5) is 22.8. The number of rotatable bonds is 4. The summed E-state index contributed by atoms with van der Waals surface area (Å²) in [5, 5.41) is 12.4. The van der Waals surface area contributed by atoms with Gasteiger partial charge in [0.05, 0.1) is 6.61 Å². The second kappa shape index (κ2) is 8.06. The van der Waals surface area contributed by atoms with Crippen molar-refractivity contribution in [2.45, 2.75) is 13.8 Å². The summed E-state index contributed by atoms with van der Waals surface area (Å²) in [6, 6.07) is 6.06. The summed E-state index contributed by atoms with van der Waals surface area (Å²) in [6.07, 6.45) is 0. The van der Waals surface area contributed by atoms with E-state index >= 15 is 0 Å². The second-order valence-electron chi connectivity index (χ2n) is 3.51. The molecule has 0 aliphatic rings. The maximum atomic E-state index is 11.9. The van der Waals surface area contributed by atoms with Crippen molar-refractivity contribution in [3.05, 3.63) is 40.4 Å². The molecular weight excluding hydrogens is 263 g/mol. The van der Waals surface area contributed by atoms with Crippen molar-refractivity contribution < 1.29 is 38.3 Å². The van der Waals surface area contributed by atoms with E-state index in [1.54, 1.807) is 6.92 Å². The van der Waals surface area contributed by atoms with E-state index in [4.69, 9.17) is 11.6 Å². The molecule has 0 saturated heterocycles. The molecule has 6 heteroatoms. The minimum atomic E-state index is -1.02. The normalized spacial score (nSPS) is 11.1. The molecule has 0 saturated carbocycles. The first kappa shape index (κ1) is 17.8. The fraction of sp³-hybridized carbons (Fsp3) is 0.231. The molecule has 0 bridgehead atoms. The molecule has 0 fully saturated rings. The van der Waals surface area contributed by atoms with Gasteiger partial charge in [-0.2, -0.15) is 0 Å². The monoisotopic (exact) mass is 274 g/mol. The molecule has 1 rings (SSSR count). The largest absolute Gasteiger partial charge is 1.00 e. The average Bonchev–Trinajstić information content (AvgIpc) is 2.37. The van der Waals surface area contributed by atoms with Gasteiger partial charge < -0.3 is 9.84 Å². The Kier molecular flexibility index (Phi) is 7.54. The van der Waals surface area contributed by atoms with Gasteiger partial charge in [-0.1, -0.05) is 29.5 Å². The average molecular weight is 275 g/mol. The van der Waals surface area contributed by atoms with Crippen molar-refractivity contribution in [1.29, 1.82) is 0 Å². The number of ether oxygens (including phenoxy) is 1. The second-order valence-corrected chi connectivity index (χ2v) is 3.95. The number of esters is 1. The number of carbonyl (C=O) groups is 2. The van der Waals surface area contributed by atoms with Crippen molar-refractivity contribution in [1.82, 2.24) is 0 Å². The van der Waals surface area contributed by atoms with E-state index in [0.717, 1.165) is 0 Å². The van der Waals surface area contributed by atoms with E-state index in [9.17, 15) is 14.7 Å². The number of hydrogen-bond acceptors (Lipinski definition) is 4. The zero-order chi connectivity index (χ0) is 13.7. The molecule has 96 valence electrons. The standard InChI is InChI=1S/C13H13ClO4.Li/c1-3-18-13(17)12(16)8(2)11(15)9-4-6-10(14)7-5-9;/h4-7,15H,3H2,1-2H3;/q;+1/p-1/b11-8+;. The molecule has 0 N–H and O–H groups in total. The molecule has 0 aliphatic carbocycles. The third-order valence-corrected chi connectivity index (χ3v) is 2.50. The molecule has 0 atom stereocenters. The van der Waals surface area contributed by atoms with E-state index in [1.807, 2.05) is 0 Å². The van der Waals surface area contributed by atoms with Crippen LogP contribution in [0, 0.1) is 0 Å². The molecule has 0 unspecified atom stereocenters. The van der Waals surface area contributed by atoms with Crippen LogP contribution in [0.15, 0.2) is 29.8 Å². The van der Waals surface area contributed by atoms with Gasteiger partial charge in [0, 0.05) is 5.02 Å². The first-order chi connectivity index (χ1) is 8.47. The van der Waals surface area contributed by atoms with Gasteiger partial charge >= 0.3 is 24.8 Å². The summed E-state index contributed by atoms with van der Waals surface area (Å²) in [5.41, 5.74) is 0.130. The third kappa shape index (κ3) is 4.75. The van der Waals surface area contributed by atoms with Crippen LogP contribution >= 0.6 is 11.6 Å². The zero-order valence-electron chi connectivity index (χ0n) is 11.0. The first-order valence-corrected chi connectivity index (χ1v) is 5.70. The molecule has 0 amide bonds. The van der Waals surface area contributed by atoms with Crippen molar-refractivity contribution in [3.63, 3.8) is 0 Å². The number of carbonyl (C=O) groups excluding carboxylic acids is 2. The van der Waals surface area contributed by atoms with Gasteiger partial charge in [0.25, 0.3) is 5.78 Å². The number of halogens is 1. The fourth-order valence-electron chi connectivity index (χ4n) is 1.27. The summed E-state index contributed by atoms with van der Waals surface area (Å²) in [6.45, 7) is 2.98. The molecule has 4 nitrogen and oxygen atoms in total. The van der Waals surface area contributed by atoms with E-state index in [-0.39, 0.29) is 31.0 Å². The van der Waals surface area contributed by atoms with Crippen molar-refractivity contribution in [2.75, 3.05) is 6.61 Å². The predicted octanol–water partition coefficient (Wildman–Crippen LogP) is -1.43. The smallest absolute Gasteiger partial charge is 0.872 e. The van der Waals surface area contributed by atoms with Crippen molar-refractivity contribution in [3.8, 4) is 0 Å². The Bertz CT molecular complexity index is 494. The first-order valence-electron chi connectivity index (χ1n) is 5.32. The quantitative estimate of drug-likeness (QED) is 0.222. The molecule has 1 aromatic rings. The Morgan fingerprint density at radius 3 is 2.26 bits per heavy atom. The molecule has 19 heavy (non-hydrogen) atoms. The van der Waals surface area contributed by atoms with Crippen LogP contribution in [0.2, 0.25) is 5.02 Å². The molecule has 0 heterocycles. The Hall–Kier alpha value is -1.21. The molecule has 1 aromatic carbocycles. The van der Waals surface area contributed by atoms with Crippen LogP contribution in [0.3, 0.4) is 0 Å². The number of ketones is 1. The summed E-state index contributed by atoms with van der Waals surface area (Å²) in [5.74, 6) is -2.45. The van der Waals surface area contributed by atoms with Crippen LogP contribution in [0.25, 0.3) is 5.76 Å². The van der Waals surface area contributed by atoms with Gasteiger partial charge in [-0.05, 0) is 37.1 Å². The molecule has 0 aromatic heterocycles. The summed E-state index contributed by atoms with van der Waals surface area (Å²) in [7, 11) is 0. The van der Waals surface area contributed by atoms with Crippen molar-refractivity contribution in [2.24, 2.45) is 0 Å². The minimum Gasteiger partial charge on any atom is -0.872 e.